The Morgan fingerprint density at radius 2 is 2.11 bits per heavy atom. The Kier molecular flexibility index (Phi) is 4.29. The highest BCUT2D eigenvalue weighted by atomic mass is 19.1. The molecule has 0 aliphatic heterocycles. The number of hydrogen-bond acceptors (Lipinski definition) is 3. The average molecular weight is 255 g/mol. The molecule has 0 saturated carbocycles. The molecule has 0 aliphatic carbocycles. The van der Waals surface area contributed by atoms with Gasteiger partial charge in [-0.25, -0.2) is 4.39 Å². The van der Waals surface area contributed by atoms with Gasteiger partial charge in [0, 0.05) is 6.07 Å². The van der Waals surface area contributed by atoms with Crippen molar-refractivity contribution in [3.63, 3.8) is 0 Å². The molecule has 0 unspecified atom stereocenters. The summed E-state index contributed by atoms with van der Waals surface area (Å²) >= 11 is 0. The number of methoxy groups -OCH3 is 1. The minimum Gasteiger partial charge on any atom is -0.497 e. The molecule has 1 amide bonds. The summed E-state index contributed by atoms with van der Waals surface area (Å²) < 4.78 is 18.7. The van der Waals surface area contributed by atoms with Gasteiger partial charge >= 0.3 is 0 Å². The van der Waals surface area contributed by atoms with Gasteiger partial charge in [0.15, 0.2) is 0 Å². The highest BCUT2D eigenvalue weighted by Gasteiger charge is 2.23. The molecule has 0 heterocycles. The smallest absolute Gasteiger partial charge is 0.255 e. The van der Waals surface area contributed by atoms with Crippen LogP contribution in [0.3, 0.4) is 0 Å². The number of nitrogens with one attached hydrogen (secondary N) is 1. The number of carbonyl (C=O) groups is 1. The minimum atomic E-state index is -0.796. The third kappa shape index (κ3) is 3.20. The molecule has 1 rings (SSSR count). The molecule has 5 heteroatoms. The Bertz CT molecular complexity index is 435. The highest BCUT2D eigenvalue weighted by Crippen LogP contribution is 2.21. The van der Waals surface area contributed by atoms with Gasteiger partial charge in [-0.3, -0.25) is 4.79 Å². The lowest BCUT2D eigenvalue weighted by molar-refractivity contribution is 0.0864. The molecule has 0 bridgehead atoms. The van der Waals surface area contributed by atoms with E-state index < -0.39 is 17.3 Å². The molecule has 0 aliphatic rings. The van der Waals surface area contributed by atoms with Gasteiger partial charge in [0.2, 0.25) is 0 Å². The van der Waals surface area contributed by atoms with Crippen LogP contribution >= 0.6 is 0 Å². The first-order chi connectivity index (χ1) is 8.30. The van der Waals surface area contributed by atoms with Crippen molar-refractivity contribution < 1.29 is 19.0 Å². The summed E-state index contributed by atoms with van der Waals surface area (Å²) in [6.07, 6.45) is 0. The second-order valence-electron chi connectivity index (χ2n) is 4.80. The van der Waals surface area contributed by atoms with Gasteiger partial charge in [-0.15, -0.1) is 0 Å². The van der Waals surface area contributed by atoms with E-state index in [0.29, 0.717) is 11.3 Å². The lowest BCUT2D eigenvalue weighted by atomic mass is 10.0. The number of amides is 1. The molecule has 18 heavy (non-hydrogen) atoms. The van der Waals surface area contributed by atoms with Crippen LogP contribution in [0.5, 0.6) is 5.75 Å². The predicted octanol–water partition coefficient (Wildman–Crippen LogP) is 1.64. The van der Waals surface area contributed by atoms with Crippen LogP contribution in [0.2, 0.25) is 0 Å². The molecular formula is C13H18FNO3. The molecule has 4 nitrogen and oxygen atoms in total. The summed E-state index contributed by atoms with van der Waals surface area (Å²) in [6.45, 7) is 4.71. The van der Waals surface area contributed by atoms with E-state index >= 15 is 0 Å². The third-order valence-electron chi connectivity index (χ3n) is 2.57. The van der Waals surface area contributed by atoms with Crippen molar-refractivity contribution in [1.82, 2.24) is 5.32 Å². The molecule has 2 N–H and O–H groups in total. The number of rotatable bonds is 4. The molecular weight excluding hydrogens is 237 g/mol. The van der Waals surface area contributed by atoms with Crippen LogP contribution in [0.1, 0.15) is 29.8 Å². The van der Waals surface area contributed by atoms with E-state index in [9.17, 15) is 9.18 Å². The highest BCUT2D eigenvalue weighted by molar-refractivity contribution is 5.96. The minimum absolute atomic E-state index is 0.0303. The summed E-state index contributed by atoms with van der Waals surface area (Å²) in [5, 5.41) is 11.7. The Labute approximate surface area is 106 Å². The maximum absolute atomic E-state index is 13.8. The van der Waals surface area contributed by atoms with E-state index in [1.165, 1.54) is 7.11 Å². The van der Waals surface area contributed by atoms with Gasteiger partial charge < -0.3 is 15.2 Å². The number of benzene rings is 1. The van der Waals surface area contributed by atoms with E-state index in [0.717, 1.165) is 6.07 Å². The molecule has 0 spiro atoms. The van der Waals surface area contributed by atoms with Crippen molar-refractivity contribution >= 4 is 5.91 Å². The fourth-order valence-corrected chi connectivity index (χ4v) is 1.53. The first kappa shape index (κ1) is 14.4. The standard InChI is InChI=1S/C13H18FNO3/c1-8-5-9(18-4)6-10(14)11(8)12(17)15-13(2,3)7-16/h5-6,16H,7H2,1-4H3,(H,15,17). The van der Waals surface area contributed by atoms with Crippen molar-refractivity contribution in [2.24, 2.45) is 0 Å². The Balaban J connectivity index is 3.07. The normalized spacial score (nSPS) is 11.2. The Morgan fingerprint density at radius 3 is 2.56 bits per heavy atom. The van der Waals surface area contributed by atoms with Gasteiger partial charge in [0.05, 0.1) is 24.8 Å². The predicted molar refractivity (Wildman–Crippen MR) is 66.3 cm³/mol. The van der Waals surface area contributed by atoms with Crippen LogP contribution in [0.4, 0.5) is 4.39 Å². The fraction of sp³-hybridized carbons (Fsp3) is 0.462. The van der Waals surface area contributed by atoms with Crippen LogP contribution in [-0.2, 0) is 0 Å². The Hall–Kier alpha value is -1.62. The van der Waals surface area contributed by atoms with Gasteiger partial charge in [0.1, 0.15) is 11.6 Å². The van der Waals surface area contributed by atoms with Gasteiger partial charge in [0.25, 0.3) is 5.91 Å². The molecule has 0 atom stereocenters. The van der Waals surface area contributed by atoms with Crippen molar-refractivity contribution in [2.45, 2.75) is 26.3 Å². The maximum atomic E-state index is 13.8. The number of aliphatic hydroxyl groups is 1. The molecule has 1 aromatic carbocycles. The quantitative estimate of drug-likeness (QED) is 0.860. The second kappa shape index (κ2) is 5.35. The number of aliphatic hydroxyl groups excluding tert-OH is 1. The van der Waals surface area contributed by atoms with Crippen LogP contribution in [0.25, 0.3) is 0 Å². The summed E-state index contributed by atoms with van der Waals surface area (Å²) in [6, 6.07) is 2.75. The van der Waals surface area contributed by atoms with Crippen molar-refractivity contribution in [1.29, 1.82) is 0 Å². The van der Waals surface area contributed by atoms with E-state index in [2.05, 4.69) is 5.32 Å². The largest absolute Gasteiger partial charge is 0.497 e. The van der Waals surface area contributed by atoms with Crippen molar-refractivity contribution in [2.75, 3.05) is 13.7 Å². The van der Waals surface area contributed by atoms with E-state index in [1.807, 2.05) is 0 Å². The van der Waals surface area contributed by atoms with Gasteiger partial charge in [-0.05, 0) is 32.4 Å². The number of aryl methyl sites for hydroxylation is 1. The van der Waals surface area contributed by atoms with Crippen LogP contribution in [0.15, 0.2) is 12.1 Å². The fourth-order valence-electron chi connectivity index (χ4n) is 1.53. The summed E-state index contributed by atoms with van der Waals surface area (Å²) in [5.41, 5.74) is -0.342. The topological polar surface area (TPSA) is 58.6 Å². The summed E-state index contributed by atoms with van der Waals surface area (Å²) in [5.74, 6) is -0.826. The Morgan fingerprint density at radius 1 is 1.50 bits per heavy atom. The molecule has 0 saturated heterocycles. The van der Waals surface area contributed by atoms with Gasteiger partial charge in [-0.1, -0.05) is 0 Å². The first-order valence-electron chi connectivity index (χ1n) is 5.58. The zero-order valence-corrected chi connectivity index (χ0v) is 11.0. The summed E-state index contributed by atoms with van der Waals surface area (Å²) in [4.78, 5) is 12.0. The zero-order valence-electron chi connectivity index (χ0n) is 11.0. The van der Waals surface area contributed by atoms with Crippen LogP contribution < -0.4 is 10.1 Å². The molecule has 0 radical (unpaired) electrons. The van der Waals surface area contributed by atoms with Crippen molar-refractivity contribution in [3.05, 3.63) is 29.1 Å². The van der Waals surface area contributed by atoms with Crippen LogP contribution in [-0.4, -0.2) is 30.3 Å². The number of hydrogen-bond donors (Lipinski definition) is 2. The number of halogens is 1. The van der Waals surface area contributed by atoms with Crippen LogP contribution in [0, 0.1) is 12.7 Å². The monoisotopic (exact) mass is 255 g/mol. The van der Waals surface area contributed by atoms with E-state index in [1.54, 1.807) is 26.8 Å². The molecule has 0 aromatic heterocycles. The average Bonchev–Trinajstić information content (AvgIpc) is 2.27. The lowest BCUT2D eigenvalue weighted by Crippen LogP contribution is -2.46. The SMILES string of the molecule is COc1cc(C)c(C(=O)NC(C)(C)CO)c(F)c1. The van der Waals surface area contributed by atoms with E-state index in [4.69, 9.17) is 9.84 Å². The molecule has 100 valence electrons. The third-order valence-corrected chi connectivity index (χ3v) is 2.57. The number of ether oxygens (including phenoxy) is 1. The first-order valence-corrected chi connectivity index (χ1v) is 5.58. The second-order valence-corrected chi connectivity index (χ2v) is 4.80. The van der Waals surface area contributed by atoms with E-state index in [-0.39, 0.29) is 12.2 Å². The molecule has 0 fully saturated rings. The maximum Gasteiger partial charge on any atom is 0.255 e. The zero-order chi connectivity index (χ0) is 13.9. The summed E-state index contributed by atoms with van der Waals surface area (Å²) in [7, 11) is 1.43. The van der Waals surface area contributed by atoms with Gasteiger partial charge in [-0.2, -0.15) is 0 Å². The molecule has 1 aromatic rings. The lowest BCUT2D eigenvalue weighted by Gasteiger charge is -2.24. The van der Waals surface area contributed by atoms with Crippen molar-refractivity contribution in [3.8, 4) is 5.75 Å². The number of carbonyl (C=O) groups excluding carboxylic acids is 1.